The zero-order valence-corrected chi connectivity index (χ0v) is 33.5. The van der Waals surface area contributed by atoms with E-state index < -0.39 is 0 Å². The molecule has 0 aliphatic heterocycles. The van der Waals surface area contributed by atoms with Crippen LogP contribution in [-0.4, -0.2) is 28.7 Å². The summed E-state index contributed by atoms with van der Waals surface area (Å²) in [4.78, 5) is 20.7. The third-order valence-corrected chi connectivity index (χ3v) is 12.6. The summed E-state index contributed by atoms with van der Waals surface area (Å²) in [6.45, 7) is 0. The minimum atomic E-state index is 0.682. The van der Waals surface area contributed by atoms with E-state index in [9.17, 15) is 0 Å². The Bertz CT molecular complexity index is 3390. The molecule has 0 radical (unpaired) electrons. The summed E-state index contributed by atoms with van der Waals surface area (Å²) >= 11 is 1.80. The number of rotatable bonds is 7. The van der Waals surface area contributed by atoms with Crippen molar-refractivity contribution in [1.29, 1.82) is 0 Å². The first-order valence-electron chi connectivity index (χ1n) is 20.3. The number of imidazole rings is 2. The van der Waals surface area contributed by atoms with E-state index in [0.29, 0.717) is 5.82 Å². The Hall–Kier alpha value is -8.00. The minimum Gasteiger partial charge on any atom is -0.299 e. The van der Waals surface area contributed by atoms with Crippen LogP contribution < -0.4 is 0 Å². The largest absolute Gasteiger partial charge is 0.299 e. The molecule has 286 valence electrons. The Balaban J connectivity index is 0.982. The number of pyridine rings is 2. The first kappa shape index (κ1) is 35.0. The van der Waals surface area contributed by atoms with Gasteiger partial charge in [-0.15, -0.1) is 11.3 Å². The quantitative estimate of drug-likeness (QED) is 0.161. The molecule has 0 aliphatic rings. The van der Waals surface area contributed by atoms with Crippen molar-refractivity contribution in [3.05, 3.63) is 207 Å². The van der Waals surface area contributed by atoms with Gasteiger partial charge in [0.05, 0.1) is 34.2 Å². The third kappa shape index (κ3) is 6.10. The predicted molar refractivity (Wildman–Crippen MR) is 250 cm³/mol. The highest BCUT2D eigenvalue weighted by atomic mass is 32.1. The van der Waals surface area contributed by atoms with E-state index >= 15 is 0 Å². The molecule has 0 bridgehead atoms. The molecule has 0 amide bonds. The molecule has 0 saturated carbocycles. The van der Waals surface area contributed by atoms with E-state index in [0.717, 1.165) is 84.4 Å². The van der Waals surface area contributed by atoms with Crippen LogP contribution in [-0.2, 0) is 0 Å². The average molecular weight is 799 g/mol. The second kappa shape index (κ2) is 14.4. The third-order valence-electron chi connectivity index (χ3n) is 11.4. The molecule has 12 aromatic rings. The first-order valence-corrected chi connectivity index (χ1v) is 21.1. The lowest BCUT2D eigenvalue weighted by molar-refractivity contribution is 1.18. The Morgan fingerprint density at radius 2 is 0.787 bits per heavy atom. The lowest BCUT2D eigenvalue weighted by atomic mass is 10.0. The van der Waals surface area contributed by atoms with Crippen LogP contribution in [0.4, 0.5) is 0 Å². The van der Waals surface area contributed by atoms with E-state index in [4.69, 9.17) is 19.9 Å². The van der Waals surface area contributed by atoms with Gasteiger partial charge in [0.1, 0.15) is 11.3 Å². The Morgan fingerprint density at radius 1 is 0.328 bits per heavy atom. The molecule has 0 unspecified atom stereocenters. The summed E-state index contributed by atoms with van der Waals surface area (Å²) in [5.41, 5.74) is 14.8. The zero-order chi connectivity index (χ0) is 40.3. The molecule has 6 aromatic carbocycles. The fraction of sp³-hybridized carbons (Fsp3) is 0. The van der Waals surface area contributed by atoms with Gasteiger partial charge in [-0.05, 0) is 42.5 Å². The van der Waals surface area contributed by atoms with Crippen LogP contribution in [0.5, 0.6) is 0 Å². The minimum absolute atomic E-state index is 0.682. The SMILES string of the molecule is c1ccc(-c2nc3ccccn3c2-c2ccc(-c3cc(-c4ccc(-c5c(-c6ccccc6)nc6ccccn56)cc4)nc(-c4ccc5c(c4)sc4ccccc45)n3)cc2)cc1. The molecule has 6 heterocycles. The summed E-state index contributed by atoms with van der Waals surface area (Å²) in [5, 5.41) is 2.52. The van der Waals surface area contributed by atoms with E-state index in [1.54, 1.807) is 11.3 Å². The normalized spacial score (nSPS) is 11.6. The Morgan fingerprint density at radius 3 is 1.34 bits per heavy atom. The van der Waals surface area contributed by atoms with Crippen molar-refractivity contribution < 1.29 is 0 Å². The smallest absolute Gasteiger partial charge is 0.160 e. The molecular weight excluding hydrogens is 765 g/mol. The summed E-state index contributed by atoms with van der Waals surface area (Å²) in [5.74, 6) is 0.682. The van der Waals surface area contributed by atoms with Gasteiger partial charge in [-0.3, -0.25) is 8.80 Å². The lowest BCUT2D eigenvalue weighted by Crippen LogP contribution is -1.96. The van der Waals surface area contributed by atoms with Gasteiger partial charge in [-0.2, -0.15) is 0 Å². The maximum atomic E-state index is 5.27. The standard InChI is InChI=1S/C54H34N6S/c1-3-13-37(14-4-1)50-52(59-31-11-9-19-48(59)57-50)39-25-21-35(22-26-39)44-34-45(56-54(55-44)41-29-30-43-42-17-7-8-18-46(42)61-47(43)33-41)36-23-27-40(28-24-36)53-51(38-15-5-2-6-16-38)58-49-20-10-12-32-60(49)53/h1-34H. The van der Waals surface area contributed by atoms with Gasteiger partial charge in [-0.1, -0.05) is 152 Å². The van der Waals surface area contributed by atoms with E-state index in [-0.39, 0.29) is 0 Å². The molecule has 6 nitrogen and oxygen atoms in total. The van der Waals surface area contributed by atoms with Crippen molar-refractivity contribution in [3.63, 3.8) is 0 Å². The van der Waals surface area contributed by atoms with Crippen LogP contribution in [0.3, 0.4) is 0 Å². The van der Waals surface area contributed by atoms with Crippen molar-refractivity contribution in [3.8, 4) is 78.9 Å². The average Bonchev–Trinajstić information content (AvgIpc) is 4.04. The molecule has 61 heavy (non-hydrogen) atoms. The monoisotopic (exact) mass is 798 g/mol. The highest BCUT2D eigenvalue weighted by molar-refractivity contribution is 7.25. The van der Waals surface area contributed by atoms with Crippen LogP contribution in [0.15, 0.2) is 207 Å². The topological polar surface area (TPSA) is 60.4 Å². The van der Waals surface area contributed by atoms with Crippen LogP contribution in [0, 0.1) is 0 Å². The summed E-state index contributed by atoms with van der Waals surface area (Å²) in [7, 11) is 0. The highest BCUT2D eigenvalue weighted by Crippen LogP contribution is 2.39. The molecule has 0 N–H and O–H groups in total. The van der Waals surface area contributed by atoms with Gasteiger partial charge < -0.3 is 0 Å². The van der Waals surface area contributed by atoms with Crippen molar-refractivity contribution in [2.75, 3.05) is 0 Å². The lowest BCUT2D eigenvalue weighted by Gasteiger charge is -2.12. The first-order chi connectivity index (χ1) is 30.2. The molecule has 0 atom stereocenters. The van der Waals surface area contributed by atoms with Crippen molar-refractivity contribution in [2.45, 2.75) is 0 Å². The second-order valence-corrected chi connectivity index (χ2v) is 16.2. The van der Waals surface area contributed by atoms with Gasteiger partial charge in [-0.25, -0.2) is 19.9 Å². The molecule has 12 rings (SSSR count). The number of thiophene rings is 1. The van der Waals surface area contributed by atoms with Crippen LogP contribution >= 0.6 is 11.3 Å². The van der Waals surface area contributed by atoms with Crippen LogP contribution in [0.1, 0.15) is 0 Å². The maximum Gasteiger partial charge on any atom is 0.160 e. The van der Waals surface area contributed by atoms with Crippen LogP contribution in [0.2, 0.25) is 0 Å². The van der Waals surface area contributed by atoms with Crippen molar-refractivity contribution >= 4 is 42.8 Å². The number of benzene rings is 6. The van der Waals surface area contributed by atoms with E-state index in [2.05, 4.69) is 179 Å². The highest BCUT2D eigenvalue weighted by Gasteiger charge is 2.19. The second-order valence-electron chi connectivity index (χ2n) is 15.1. The van der Waals surface area contributed by atoms with Crippen LogP contribution in [0.25, 0.3) is 110 Å². The van der Waals surface area contributed by atoms with Gasteiger partial charge in [0.15, 0.2) is 5.82 Å². The number of hydrogen-bond donors (Lipinski definition) is 0. The molecule has 0 spiro atoms. The number of fused-ring (bicyclic) bond motifs is 5. The predicted octanol–water partition coefficient (Wildman–Crippen LogP) is 13.8. The number of hydrogen-bond acceptors (Lipinski definition) is 5. The maximum absolute atomic E-state index is 5.27. The van der Waals surface area contributed by atoms with Gasteiger partial charge in [0, 0.05) is 71.5 Å². The fourth-order valence-corrected chi connectivity index (χ4v) is 9.62. The molecule has 0 aliphatic carbocycles. The van der Waals surface area contributed by atoms with E-state index in [1.807, 2.05) is 36.4 Å². The fourth-order valence-electron chi connectivity index (χ4n) is 8.47. The molecule has 0 saturated heterocycles. The summed E-state index contributed by atoms with van der Waals surface area (Å²) in [6, 6.07) is 67.7. The van der Waals surface area contributed by atoms with Gasteiger partial charge in [0.2, 0.25) is 0 Å². The molecule has 6 aromatic heterocycles. The molecular formula is C54H34N6S. The summed E-state index contributed by atoms with van der Waals surface area (Å²) in [6.07, 6.45) is 4.16. The van der Waals surface area contributed by atoms with Crippen molar-refractivity contribution in [2.24, 2.45) is 0 Å². The summed E-state index contributed by atoms with van der Waals surface area (Å²) < 4.78 is 6.82. The van der Waals surface area contributed by atoms with Gasteiger partial charge >= 0.3 is 0 Å². The molecule has 7 heteroatoms. The van der Waals surface area contributed by atoms with Gasteiger partial charge in [0.25, 0.3) is 0 Å². The van der Waals surface area contributed by atoms with E-state index in [1.165, 1.54) is 20.2 Å². The van der Waals surface area contributed by atoms with Crippen molar-refractivity contribution in [1.82, 2.24) is 28.7 Å². The Labute approximate surface area is 355 Å². The Kier molecular flexibility index (Phi) is 8.25. The zero-order valence-electron chi connectivity index (χ0n) is 32.7. The number of nitrogens with zero attached hydrogens (tertiary/aromatic N) is 6. The number of aromatic nitrogens is 6. The molecule has 0 fully saturated rings.